The Bertz CT molecular complexity index is 1140. The first kappa shape index (κ1) is 23.5. The number of imidazole rings is 1. The normalized spacial score (nSPS) is 15.0. The maximum absolute atomic E-state index is 14.8. The topological polar surface area (TPSA) is 76.4 Å². The molecule has 1 saturated carbocycles. The van der Waals surface area contributed by atoms with Crippen LogP contribution in [0.15, 0.2) is 18.3 Å². The largest absolute Gasteiger partial charge is 0.514 e. The molecule has 12 heteroatoms. The number of pyridine rings is 1. The maximum atomic E-state index is 14.8. The Morgan fingerprint density at radius 1 is 1.24 bits per heavy atom. The summed E-state index contributed by atoms with van der Waals surface area (Å²) in [5, 5.41) is 8.86. The summed E-state index contributed by atoms with van der Waals surface area (Å²) in [5.74, 6) is -1.16. The van der Waals surface area contributed by atoms with Crippen LogP contribution in [0, 0.1) is 11.6 Å². The van der Waals surface area contributed by atoms with Crippen molar-refractivity contribution in [2.45, 2.75) is 49.9 Å². The van der Waals surface area contributed by atoms with Crippen LogP contribution in [0.5, 0.6) is 5.75 Å². The molecule has 3 aromatic rings. The second kappa shape index (κ2) is 9.33. The SMILES string of the molecule is [B]C([B])([B])Oc1cc2ncc(-c3nc(NC(CCC)CNC)c(F)cc3F)n2nc1C1CC1. The van der Waals surface area contributed by atoms with Crippen molar-refractivity contribution in [3.05, 3.63) is 35.7 Å². The quantitative estimate of drug-likeness (QED) is 0.466. The van der Waals surface area contributed by atoms with E-state index in [0.29, 0.717) is 23.6 Å². The fraction of sp³-hybridized carbons (Fsp3) is 0.476. The Kier molecular flexibility index (Phi) is 6.65. The Balaban J connectivity index is 1.76. The predicted octanol–water partition coefficient (Wildman–Crippen LogP) is 2.24. The summed E-state index contributed by atoms with van der Waals surface area (Å²) >= 11 is 0. The van der Waals surface area contributed by atoms with Crippen molar-refractivity contribution in [1.82, 2.24) is 24.9 Å². The van der Waals surface area contributed by atoms with Crippen molar-refractivity contribution in [2.24, 2.45) is 0 Å². The molecule has 0 spiro atoms. The molecule has 0 aliphatic heterocycles. The Labute approximate surface area is 195 Å². The summed E-state index contributed by atoms with van der Waals surface area (Å²) in [6.07, 6.45) is 4.94. The molecule has 4 rings (SSSR count). The predicted molar refractivity (Wildman–Crippen MR) is 125 cm³/mol. The molecule has 2 N–H and O–H groups in total. The van der Waals surface area contributed by atoms with Crippen LogP contribution in [0.1, 0.15) is 44.2 Å². The number of anilines is 1. The molecule has 3 heterocycles. The first-order valence-electron chi connectivity index (χ1n) is 10.9. The van der Waals surface area contributed by atoms with Crippen molar-refractivity contribution in [3.63, 3.8) is 0 Å². The van der Waals surface area contributed by atoms with Crippen LogP contribution in [0.4, 0.5) is 14.6 Å². The van der Waals surface area contributed by atoms with Crippen LogP contribution in [0.25, 0.3) is 17.0 Å². The average Bonchev–Trinajstić information content (AvgIpc) is 3.49. The van der Waals surface area contributed by atoms with Crippen LogP contribution in [-0.2, 0) is 0 Å². The van der Waals surface area contributed by atoms with Crippen molar-refractivity contribution in [2.75, 3.05) is 18.9 Å². The number of fused-ring (bicyclic) bond motifs is 1. The summed E-state index contributed by atoms with van der Waals surface area (Å²) in [6, 6.07) is 2.35. The fourth-order valence-corrected chi connectivity index (χ4v) is 3.75. The molecular formula is C21H23B3F2N6O. The molecule has 1 atom stereocenters. The Morgan fingerprint density at radius 2 is 2.00 bits per heavy atom. The fourth-order valence-electron chi connectivity index (χ4n) is 3.75. The van der Waals surface area contributed by atoms with Gasteiger partial charge in [0.15, 0.2) is 23.1 Å². The smallest absolute Gasteiger partial charge is 0.168 e. The van der Waals surface area contributed by atoms with E-state index in [2.05, 4.69) is 25.7 Å². The highest BCUT2D eigenvalue weighted by atomic mass is 19.1. The van der Waals surface area contributed by atoms with Crippen LogP contribution in [0.3, 0.4) is 0 Å². The molecule has 33 heavy (non-hydrogen) atoms. The molecule has 0 bridgehead atoms. The number of halogens is 2. The summed E-state index contributed by atoms with van der Waals surface area (Å²) in [5.41, 5.74) is 1.15. The lowest BCUT2D eigenvalue weighted by Crippen LogP contribution is -2.38. The third kappa shape index (κ3) is 5.32. The molecule has 0 aromatic carbocycles. The Morgan fingerprint density at radius 3 is 2.64 bits per heavy atom. The molecule has 1 fully saturated rings. The van der Waals surface area contributed by atoms with E-state index in [4.69, 9.17) is 28.3 Å². The van der Waals surface area contributed by atoms with Gasteiger partial charge in [0.2, 0.25) is 0 Å². The molecule has 1 aliphatic carbocycles. The minimum Gasteiger partial charge on any atom is -0.514 e. The van der Waals surface area contributed by atoms with Gasteiger partial charge in [-0.05, 0) is 31.6 Å². The van der Waals surface area contributed by atoms with Crippen LogP contribution < -0.4 is 15.4 Å². The van der Waals surface area contributed by atoms with E-state index in [0.717, 1.165) is 31.7 Å². The van der Waals surface area contributed by atoms with Gasteiger partial charge in [-0.2, -0.15) is 5.10 Å². The highest BCUT2D eigenvalue weighted by Crippen LogP contribution is 2.44. The van der Waals surface area contributed by atoms with Gasteiger partial charge >= 0.3 is 0 Å². The first-order chi connectivity index (χ1) is 15.7. The van der Waals surface area contributed by atoms with E-state index in [9.17, 15) is 8.78 Å². The highest BCUT2D eigenvalue weighted by Gasteiger charge is 2.31. The molecule has 1 aliphatic rings. The van der Waals surface area contributed by atoms with Gasteiger partial charge in [-0.25, -0.2) is 23.3 Å². The molecule has 0 amide bonds. The van der Waals surface area contributed by atoms with Crippen LogP contribution in [-0.4, -0.2) is 68.1 Å². The van der Waals surface area contributed by atoms with Gasteiger partial charge < -0.3 is 15.4 Å². The average molecular weight is 446 g/mol. The van der Waals surface area contributed by atoms with Crippen molar-refractivity contribution < 1.29 is 13.5 Å². The zero-order valence-corrected chi connectivity index (χ0v) is 18.6. The number of aromatic nitrogens is 4. The number of likely N-dealkylation sites (N-methyl/N-ethyl adjacent to an activating group) is 1. The maximum Gasteiger partial charge on any atom is 0.168 e. The zero-order chi connectivity index (χ0) is 23.8. The van der Waals surface area contributed by atoms with E-state index in [-0.39, 0.29) is 29.2 Å². The molecule has 3 aromatic heterocycles. The number of nitrogens with zero attached hydrogens (tertiary/aromatic N) is 4. The second-order valence-electron chi connectivity index (χ2n) is 8.37. The highest BCUT2D eigenvalue weighted by molar-refractivity contribution is 6.58. The van der Waals surface area contributed by atoms with E-state index >= 15 is 0 Å². The lowest BCUT2D eigenvalue weighted by Gasteiger charge is -2.24. The summed E-state index contributed by atoms with van der Waals surface area (Å²) in [4.78, 5) is 8.55. The van der Waals surface area contributed by atoms with E-state index in [1.165, 1.54) is 10.7 Å². The van der Waals surface area contributed by atoms with E-state index in [1.807, 2.05) is 14.0 Å². The van der Waals surface area contributed by atoms with Crippen LogP contribution >= 0.6 is 0 Å². The van der Waals surface area contributed by atoms with Crippen molar-refractivity contribution in [3.8, 4) is 17.1 Å². The van der Waals surface area contributed by atoms with Gasteiger partial charge in [-0.1, -0.05) is 13.3 Å². The van der Waals surface area contributed by atoms with Gasteiger partial charge in [0.1, 0.15) is 46.4 Å². The molecule has 0 saturated heterocycles. The summed E-state index contributed by atoms with van der Waals surface area (Å²) in [7, 11) is 18.6. The third-order valence-corrected chi connectivity index (χ3v) is 5.34. The number of hydrogen-bond donors (Lipinski definition) is 2. The minimum atomic E-state index is -1.88. The standard InChI is InChI=1S/C21H23B3F2N6O/c1-3-4-12(9-27-2)29-20-14(26)7-13(25)19(30-20)15-10-28-17-8-16(33-21(22,23)24)18(11-5-6-11)31-32(15)17/h7-8,10-12,27H,3-6,9H2,1-2H3,(H,29,30). The number of hydrogen-bond acceptors (Lipinski definition) is 6. The molecule has 1 unspecified atom stereocenters. The van der Waals surface area contributed by atoms with Gasteiger partial charge in [0.25, 0.3) is 0 Å². The number of ether oxygens (including phenoxy) is 1. The number of nitrogens with one attached hydrogen (secondary N) is 2. The summed E-state index contributed by atoms with van der Waals surface area (Å²) in [6.45, 7) is 2.64. The van der Waals surface area contributed by atoms with Crippen molar-refractivity contribution >= 4 is 35.0 Å². The monoisotopic (exact) mass is 446 g/mol. The molecular weight excluding hydrogens is 423 g/mol. The van der Waals surface area contributed by atoms with E-state index in [1.54, 1.807) is 6.07 Å². The summed E-state index contributed by atoms with van der Waals surface area (Å²) < 4.78 is 36.3. The lowest BCUT2D eigenvalue weighted by atomic mass is 9.52. The second-order valence-corrected chi connectivity index (χ2v) is 8.37. The third-order valence-electron chi connectivity index (χ3n) is 5.34. The minimum absolute atomic E-state index is 0.0309. The Hall–Kier alpha value is -2.62. The van der Waals surface area contributed by atoms with Crippen molar-refractivity contribution in [1.29, 1.82) is 0 Å². The molecule has 166 valence electrons. The van der Waals surface area contributed by atoms with Gasteiger partial charge in [-0.3, -0.25) is 0 Å². The molecule has 7 nitrogen and oxygen atoms in total. The van der Waals surface area contributed by atoms with Gasteiger partial charge in [0, 0.05) is 30.6 Å². The van der Waals surface area contributed by atoms with Crippen LogP contribution in [0.2, 0.25) is 0 Å². The first-order valence-corrected chi connectivity index (χ1v) is 10.9. The zero-order valence-electron chi connectivity index (χ0n) is 18.6. The van der Waals surface area contributed by atoms with Gasteiger partial charge in [-0.15, -0.1) is 0 Å². The number of rotatable bonds is 10. The lowest BCUT2D eigenvalue weighted by molar-refractivity contribution is 0.312. The van der Waals surface area contributed by atoms with E-state index < -0.39 is 16.9 Å². The van der Waals surface area contributed by atoms with Gasteiger partial charge in [0.05, 0.1) is 6.20 Å². The molecule has 6 radical (unpaired) electrons.